The molecular formula is C24H20ClF3N2O. The monoisotopic (exact) mass is 444 g/mol. The number of halogens is 4. The molecule has 1 aliphatic rings. The predicted octanol–water partition coefficient (Wildman–Crippen LogP) is 5.30. The number of amides is 1. The van der Waals surface area contributed by atoms with E-state index in [1.165, 1.54) is 42.5 Å². The SMILES string of the molecule is O=C(c1c(F)cccc1Cl)N1CCN(C(c2ccc(F)cc2)c2ccc(F)cc2)CC1. The van der Waals surface area contributed by atoms with Crippen LogP contribution in [0.15, 0.2) is 66.7 Å². The molecule has 0 radical (unpaired) electrons. The Morgan fingerprint density at radius 2 is 1.29 bits per heavy atom. The first kappa shape index (κ1) is 21.4. The van der Waals surface area contributed by atoms with E-state index in [2.05, 4.69) is 4.90 Å². The van der Waals surface area contributed by atoms with Gasteiger partial charge in [-0.15, -0.1) is 0 Å². The van der Waals surface area contributed by atoms with Gasteiger partial charge in [0.2, 0.25) is 0 Å². The largest absolute Gasteiger partial charge is 0.336 e. The molecule has 0 aliphatic carbocycles. The van der Waals surface area contributed by atoms with Crippen LogP contribution in [0.25, 0.3) is 0 Å². The number of benzene rings is 3. The number of hydrogen-bond acceptors (Lipinski definition) is 2. The molecule has 0 saturated carbocycles. The maximum Gasteiger partial charge on any atom is 0.258 e. The van der Waals surface area contributed by atoms with Gasteiger partial charge in [0.05, 0.1) is 16.6 Å². The summed E-state index contributed by atoms with van der Waals surface area (Å²) in [6.07, 6.45) is 0. The Bertz CT molecular complexity index is 999. The summed E-state index contributed by atoms with van der Waals surface area (Å²) in [6.45, 7) is 1.78. The molecule has 1 aliphatic heterocycles. The molecule has 0 N–H and O–H groups in total. The van der Waals surface area contributed by atoms with Crippen molar-refractivity contribution in [2.24, 2.45) is 0 Å². The molecule has 4 rings (SSSR count). The topological polar surface area (TPSA) is 23.6 Å². The zero-order valence-corrected chi connectivity index (χ0v) is 17.3. The van der Waals surface area contributed by atoms with Gasteiger partial charge in [-0.05, 0) is 47.5 Å². The van der Waals surface area contributed by atoms with Crippen LogP contribution in [0.1, 0.15) is 27.5 Å². The molecule has 7 heteroatoms. The highest BCUT2D eigenvalue weighted by Gasteiger charge is 2.30. The van der Waals surface area contributed by atoms with Gasteiger partial charge >= 0.3 is 0 Å². The lowest BCUT2D eigenvalue weighted by atomic mass is 9.96. The lowest BCUT2D eigenvalue weighted by Crippen LogP contribution is -2.50. The van der Waals surface area contributed by atoms with E-state index in [9.17, 15) is 18.0 Å². The maximum absolute atomic E-state index is 14.2. The van der Waals surface area contributed by atoms with Gasteiger partial charge in [-0.25, -0.2) is 13.2 Å². The number of carbonyl (C=O) groups is 1. The van der Waals surface area contributed by atoms with Crippen LogP contribution in [0.3, 0.4) is 0 Å². The molecule has 3 aromatic carbocycles. The molecule has 0 bridgehead atoms. The van der Waals surface area contributed by atoms with E-state index in [-0.39, 0.29) is 28.3 Å². The summed E-state index contributed by atoms with van der Waals surface area (Å²) in [5, 5.41) is 0.0860. The van der Waals surface area contributed by atoms with Gasteiger partial charge in [-0.3, -0.25) is 9.69 Å². The fourth-order valence-electron chi connectivity index (χ4n) is 3.95. The summed E-state index contributed by atoms with van der Waals surface area (Å²) in [4.78, 5) is 16.6. The maximum atomic E-state index is 14.2. The minimum Gasteiger partial charge on any atom is -0.336 e. The molecule has 0 atom stereocenters. The third-order valence-corrected chi connectivity index (χ3v) is 5.83. The summed E-state index contributed by atoms with van der Waals surface area (Å²) in [7, 11) is 0. The number of carbonyl (C=O) groups excluding carboxylic acids is 1. The van der Waals surface area contributed by atoms with E-state index >= 15 is 0 Å². The highest BCUT2D eigenvalue weighted by atomic mass is 35.5. The van der Waals surface area contributed by atoms with Crippen molar-refractivity contribution in [1.82, 2.24) is 9.80 Å². The van der Waals surface area contributed by atoms with Gasteiger partial charge in [0, 0.05) is 26.2 Å². The Hall–Kier alpha value is -2.83. The molecule has 160 valence electrons. The first-order chi connectivity index (χ1) is 14.9. The fourth-order valence-corrected chi connectivity index (χ4v) is 4.19. The van der Waals surface area contributed by atoms with Crippen molar-refractivity contribution in [2.45, 2.75) is 6.04 Å². The van der Waals surface area contributed by atoms with E-state index < -0.39 is 11.7 Å². The van der Waals surface area contributed by atoms with Crippen molar-refractivity contribution in [2.75, 3.05) is 26.2 Å². The average Bonchev–Trinajstić information content (AvgIpc) is 2.77. The van der Waals surface area contributed by atoms with Gasteiger partial charge in [-0.2, -0.15) is 0 Å². The molecule has 0 aromatic heterocycles. The van der Waals surface area contributed by atoms with Crippen molar-refractivity contribution >= 4 is 17.5 Å². The zero-order chi connectivity index (χ0) is 22.0. The molecule has 3 nitrogen and oxygen atoms in total. The van der Waals surface area contributed by atoms with Crippen molar-refractivity contribution in [1.29, 1.82) is 0 Å². The Balaban J connectivity index is 1.56. The summed E-state index contributed by atoms with van der Waals surface area (Å²) >= 11 is 6.05. The van der Waals surface area contributed by atoms with Crippen LogP contribution in [0.5, 0.6) is 0 Å². The second kappa shape index (κ2) is 9.12. The quantitative estimate of drug-likeness (QED) is 0.545. The minimum absolute atomic E-state index is 0.0860. The van der Waals surface area contributed by atoms with Crippen LogP contribution in [0.2, 0.25) is 5.02 Å². The Kier molecular flexibility index (Phi) is 6.30. The minimum atomic E-state index is -0.643. The van der Waals surface area contributed by atoms with Gasteiger partial charge in [0.15, 0.2) is 0 Å². The van der Waals surface area contributed by atoms with Crippen LogP contribution in [0, 0.1) is 17.5 Å². The standard InChI is InChI=1S/C24H20ClF3N2O/c25-20-2-1-3-21(28)22(20)24(31)30-14-12-29(13-15-30)23(16-4-8-18(26)9-5-16)17-6-10-19(27)11-7-17/h1-11,23H,12-15H2. The summed E-state index contributed by atoms with van der Waals surface area (Å²) in [5.74, 6) is -1.75. The Morgan fingerprint density at radius 1 is 0.774 bits per heavy atom. The van der Waals surface area contributed by atoms with Gasteiger partial charge in [0.1, 0.15) is 17.5 Å². The van der Waals surface area contributed by atoms with Gasteiger partial charge < -0.3 is 4.90 Å². The molecule has 3 aromatic rings. The highest BCUT2D eigenvalue weighted by molar-refractivity contribution is 6.33. The highest BCUT2D eigenvalue weighted by Crippen LogP contribution is 2.31. The average molecular weight is 445 g/mol. The van der Waals surface area contributed by atoms with Gasteiger partial charge in [0.25, 0.3) is 5.91 Å². The third kappa shape index (κ3) is 4.60. The summed E-state index contributed by atoms with van der Waals surface area (Å²) < 4.78 is 41.1. The smallest absolute Gasteiger partial charge is 0.258 e. The number of nitrogens with zero attached hydrogens (tertiary/aromatic N) is 2. The van der Waals surface area contributed by atoms with Crippen LogP contribution >= 0.6 is 11.6 Å². The molecule has 0 unspecified atom stereocenters. The lowest BCUT2D eigenvalue weighted by Gasteiger charge is -2.40. The van der Waals surface area contributed by atoms with Crippen LogP contribution < -0.4 is 0 Å². The predicted molar refractivity (Wildman–Crippen MR) is 114 cm³/mol. The molecule has 31 heavy (non-hydrogen) atoms. The second-order valence-electron chi connectivity index (χ2n) is 7.43. The van der Waals surface area contributed by atoms with E-state index in [1.54, 1.807) is 29.2 Å². The molecule has 1 saturated heterocycles. The summed E-state index contributed by atoms with van der Waals surface area (Å²) in [5.41, 5.74) is 1.61. The number of piperazine rings is 1. The first-order valence-electron chi connectivity index (χ1n) is 9.92. The molecule has 1 heterocycles. The summed E-state index contributed by atoms with van der Waals surface area (Å²) in [6, 6.07) is 16.4. The van der Waals surface area contributed by atoms with E-state index in [0.717, 1.165) is 11.1 Å². The molecule has 1 fully saturated rings. The van der Waals surface area contributed by atoms with Crippen molar-refractivity contribution in [3.63, 3.8) is 0 Å². The lowest BCUT2D eigenvalue weighted by molar-refractivity contribution is 0.0593. The number of rotatable bonds is 4. The molecule has 0 spiro atoms. The first-order valence-corrected chi connectivity index (χ1v) is 10.3. The normalized spacial score (nSPS) is 14.8. The van der Waals surface area contributed by atoms with Crippen LogP contribution in [-0.4, -0.2) is 41.9 Å². The zero-order valence-electron chi connectivity index (χ0n) is 16.6. The Morgan fingerprint density at radius 3 is 1.77 bits per heavy atom. The van der Waals surface area contributed by atoms with E-state index in [1.807, 2.05) is 0 Å². The fraction of sp³-hybridized carbons (Fsp3) is 0.208. The molecule has 1 amide bonds. The van der Waals surface area contributed by atoms with Crippen molar-refractivity contribution in [3.8, 4) is 0 Å². The van der Waals surface area contributed by atoms with E-state index in [0.29, 0.717) is 26.2 Å². The third-order valence-electron chi connectivity index (χ3n) is 5.51. The van der Waals surface area contributed by atoms with Crippen molar-refractivity contribution in [3.05, 3.63) is 106 Å². The number of hydrogen-bond donors (Lipinski definition) is 0. The van der Waals surface area contributed by atoms with Crippen LogP contribution in [-0.2, 0) is 0 Å². The second-order valence-corrected chi connectivity index (χ2v) is 7.84. The van der Waals surface area contributed by atoms with E-state index in [4.69, 9.17) is 11.6 Å². The molecular weight excluding hydrogens is 425 g/mol. The Labute approximate surface area is 183 Å². The van der Waals surface area contributed by atoms with Crippen molar-refractivity contribution < 1.29 is 18.0 Å². The van der Waals surface area contributed by atoms with Crippen LogP contribution in [0.4, 0.5) is 13.2 Å². The van der Waals surface area contributed by atoms with Gasteiger partial charge in [-0.1, -0.05) is 41.9 Å².